The predicted molar refractivity (Wildman–Crippen MR) is 122 cm³/mol. The number of benzene rings is 2. The molecule has 3 amide bonds. The first-order chi connectivity index (χ1) is 14.9. The average Bonchev–Trinajstić information content (AvgIpc) is 2.77. The van der Waals surface area contributed by atoms with Crippen molar-refractivity contribution in [2.75, 3.05) is 18.4 Å². The molecule has 0 aromatic heterocycles. The van der Waals surface area contributed by atoms with Crippen molar-refractivity contribution in [2.24, 2.45) is 0 Å². The lowest BCUT2D eigenvalue weighted by Crippen LogP contribution is -2.48. The third kappa shape index (κ3) is 6.82. The first-order valence-electron chi connectivity index (χ1n) is 10.6. The van der Waals surface area contributed by atoms with Gasteiger partial charge in [0.25, 0.3) is 5.91 Å². The summed E-state index contributed by atoms with van der Waals surface area (Å²) in [5.74, 6) is -0.859. The Bertz CT molecular complexity index is 924. The molecule has 0 radical (unpaired) electrons. The monoisotopic (exact) mass is 441 g/mol. The van der Waals surface area contributed by atoms with E-state index in [4.69, 9.17) is 11.6 Å². The average molecular weight is 442 g/mol. The third-order valence-corrected chi connectivity index (χ3v) is 5.68. The molecule has 0 unspecified atom stereocenters. The second kappa shape index (κ2) is 11.0. The molecular weight excluding hydrogens is 414 g/mol. The highest BCUT2D eigenvalue weighted by Crippen LogP contribution is 2.24. The number of halogens is 1. The number of rotatable bonds is 7. The molecule has 2 aromatic rings. The minimum atomic E-state index is -0.354. The minimum absolute atomic E-state index is 0.0174. The lowest BCUT2D eigenvalue weighted by atomic mass is 9.93. The molecule has 1 saturated carbocycles. The number of anilines is 1. The maximum atomic E-state index is 13.1. The zero-order valence-corrected chi connectivity index (χ0v) is 18.5. The first-order valence-corrected chi connectivity index (χ1v) is 11.0. The third-order valence-electron chi connectivity index (χ3n) is 5.43. The number of hydrogen-bond donors (Lipinski definition) is 2. The van der Waals surface area contributed by atoms with Crippen LogP contribution in [0.15, 0.2) is 48.5 Å². The largest absolute Gasteiger partial charge is 0.345 e. The number of carbonyl (C=O) groups excluding carboxylic acids is 3. The standard InChI is InChI=1S/C24H28ClN3O3/c1-17-6-5-7-20(14-17)27-22(29)15-26-23(30)16-28(21-8-3-2-4-9-21)24(31)18-10-12-19(25)13-11-18/h5-7,10-14,21H,2-4,8-9,15-16H2,1H3,(H,26,30)(H,27,29). The number of amides is 3. The van der Waals surface area contributed by atoms with Crippen LogP contribution in [-0.2, 0) is 9.59 Å². The highest BCUT2D eigenvalue weighted by Gasteiger charge is 2.28. The fraction of sp³-hybridized carbons (Fsp3) is 0.375. The smallest absolute Gasteiger partial charge is 0.254 e. The summed E-state index contributed by atoms with van der Waals surface area (Å²) in [5.41, 5.74) is 2.21. The molecule has 0 aliphatic heterocycles. The quantitative estimate of drug-likeness (QED) is 0.676. The molecule has 0 bridgehead atoms. The van der Waals surface area contributed by atoms with Crippen LogP contribution in [0.1, 0.15) is 48.0 Å². The zero-order chi connectivity index (χ0) is 22.2. The molecule has 1 aliphatic rings. The van der Waals surface area contributed by atoms with E-state index in [2.05, 4.69) is 10.6 Å². The van der Waals surface area contributed by atoms with E-state index in [1.807, 2.05) is 25.1 Å². The lowest BCUT2D eigenvalue weighted by Gasteiger charge is -2.34. The molecule has 0 atom stereocenters. The second-order valence-electron chi connectivity index (χ2n) is 7.93. The molecule has 0 heterocycles. The summed E-state index contributed by atoms with van der Waals surface area (Å²) in [6, 6.07) is 14.2. The molecule has 2 N–H and O–H groups in total. The summed E-state index contributed by atoms with van der Waals surface area (Å²) in [7, 11) is 0. The highest BCUT2D eigenvalue weighted by atomic mass is 35.5. The van der Waals surface area contributed by atoms with Crippen LogP contribution in [0.5, 0.6) is 0 Å². The maximum Gasteiger partial charge on any atom is 0.254 e. The van der Waals surface area contributed by atoms with Crippen molar-refractivity contribution in [1.29, 1.82) is 0 Å². The van der Waals surface area contributed by atoms with Crippen LogP contribution < -0.4 is 10.6 Å². The van der Waals surface area contributed by atoms with Gasteiger partial charge < -0.3 is 15.5 Å². The van der Waals surface area contributed by atoms with Crippen LogP contribution in [0, 0.1) is 6.92 Å². The molecule has 6 nitrogen and oxygen atoms in total. The Kier molecular flexibility index (Phi) is 8.06. The van der Waals surface area contributed by atoms with Crippen molar-refractivity contribution < 1.29 is 14.4 Å². The van der Waals surface area contributed by atoms with Crippen molar-refractivity contribution >= 4 is 35.0 Å². The fourth-order valence-electron chi connectivity index (χ4n) is 3.84. The summed E-state index contributed by atoms with van der Waals surface area (Å²) in [6.45, 7) is 1.71. The molecule has 1 aliphatic carbocycles. The van der Waals surface area contributed by atoms with Crippen molar-refractivity contribution in [2.45, 2.75) is 45.1 Å². The number of hydrogen-bond acceptors (Lipinski definition) is 3. The Morgan fingerprint density at radius 1 is 1.00 bits per heavy atom. The SMILES string of the molecule is Cc1cccc(NC(=O)CNC(=O)CN(C(=O)c2ccc(Cl)cc2)C2CCCCC2)c1. The van der Waals surface area contributed by atoms with Crippen LogP contribution in [-0.4, -0.2) is 41.8 Å². The van der Waals surface area contributed by atoms with Gasteiger partial charge >= 0.3 is 0 Å². The van der Waals surface area contributed by atoms with Crippen LogP contribution in [0.4, 0.5) is 5.69 Å². The summed E-state index contributed by atoms with van der Waals surface area (Å²) < 4.78 is 0. The zero-order valence-electron chi connectivity index (χ0n) is 17.7. The molecule has 3 rings (SSSR count). The minimum Gasteiger partial charge on any atom is -0.345 e. The predicted octanol–water partition coefficient (Wildman–Crippen LogP) is 4.18. The first kappa shape index (κ1) is 22.8. The summed E-state index contributed by atoms with van der Waals surface area (Å²) >= 11 is 5.94. The van der Waals surface area contributed by atoms with Gasteiger partial charge in [0, 0.05) is 22.3 Å². The lowest BCUT2D eigenvalue weighted by molar-refractivity contribution is -0.125. The van der Waals surface area contributed by atoms with E-state index in [0.29, 0.717) is 16.3 Å². The van der Waals surface area contributed by atoms with Crippen LogP contribution in [0.3, 0.4) is 0 Å². The number of nitrogens with zero attached hydrogens (tertiary/aromatic N) is 1. The van der Waals surface area contributed by atoms with Gasteiger partial charge in [-0.1, -0.05) is 43.0 Å². The Hall–Kier alpha value is -2.86. The van der Waals surface area contributed by atoms with Gasteiger partial charge in [0.2, 0.25) is 11.8 Å². The van der Waals surface area contributed by atoms with Crippen molar-refractivity contribution in [3.63, 3.8) is 0 Å². The Balaban J connectivity index is 1.60. The van der Waals surface area contributed by atoms with E-state index >= 15 is 0 Å². The normalized spacial score (nSPS) is 14.0. The van der Waals surface area contributed by atoms with Gasteiger partial charge in [-0.3, -0.25) is 14.4 Å². The number of carbonyl (C=O) groups is 3. The van der Waals surface area contributed by atoms with Crippen LogP contribution in [0.2, 0.25) is 5.02 Å². The van der Waals surface area contributed by atoms with E-state index < -0.39 is 0 Å². The molecule has 164 valence electrons. The molecule has 2 aromatic carbocycles. The molecule has 31 heavy (non-hydrogen) atoms. The van der Waals surface area contributed by atoms with Gasteiger partial charge in [-0.05, 0) is 61.7 Å². The van der Waals surface area contributed by atoms with E-state index in [-0.39, 0.29) is 36.9 Å². The molecule has 0 saturated heterocycles. The van der Waals surface area contributed by atoms with Crippen LogP contribution in [0.25, 0.3) is 0 Å². The Morgan fingerprint density at radius 2 is 1.71 bits per heavy atom. The van der Waals surface area contributed by atoms with E-state index in [1.54, 1.807) is 35.2 Å². The highest BCUT2D eigenvalue weighted by molar-refractivity contribution is 6.30. The molecule has 0 spiro atoms. The van der Waals surface area contributed by atoms with E-state index in [0.717, 1.165) is 37.7 Å². The van der Waals surface area contributed by atoms with Gasteiger partial charge in [0.05, 0.1) is 6.54 Å². The second-order valence-corrected chi connectivity index (χ2v) is 8.36. The van der Waals surface area contributed by atoms with E-state index in [9.17, 15) is 14.4 Å². The van der Waals surface area contributed by atoms with Gasteiger partial charge in [-0.2, -0.15) is 0 Å². The van der Waals surface area contributed by atoms with Crippen molar-refractivity contribution in [3.8, 4) is 0 Å². The van der Waals surface area contributed by atoms with Crippen LogP contribution >= 0.6 is 11.6 Å². The summed E-state index contributed by atoms with van der Waals surface area (Å²) in [5, 5.41) is 5.95. The fourth-order valence-corrected chi connectivity index (χ4v) is 3.96. The van der Waals surface area contributed by atoms with Gasteiger partial charge in [-0.25, -0.2) is 0 Å². The van der Waals surface area contributed by atoms with E-state index in [1.165, 1.54) is 0 Å². The van der Waals surface area contributed by atoms with Crippen molar-refractivity contribution in [3.05, 3.63) is 64.7 Å². The number of aryl methyl sites for hydroxylation is 1. The maximum absolute atomic E-state index is 13.1. The molecular formula is C24H28ClN3O3. The molecule has 7 heteroatoms. The van der Waals surface area contributed by atoms with Crippen molar-refractivity contribution in [1.82, 2.24) is 10.2 Å². The number of nitrogens with one attached hydrogen (secondary N) is 2. The topological polar surface area (TPSA) is 78.5 Å². The van der Waals surface area contributed by atoms with Gasteiger partial charge in [0.1, 0.15) is 6.54 Å². The Labute approximate surface area is 188 Å². The Morgan fingerprint density at radius 3 is 2.39 bits per heavy atom. The summed E-state index contributed by atoms with van der Waals surface area (Å²) in [6.07, 6.45) is 4.97. The van der Waals surface area contributed by atoms with Gasteiger partial charge in [-0.15, -0.1) is 0 Å². The van der Waals surface area contributed by atoms with Gasteiger partial charge in [0.15, 0.2) is 0 Å². The summed E-state index contributed by atoms with van der Waals surface area (Å²) in [4.78, 5) is 39.5. The molecule has 1 fully saturated rings.